The average Bonchev–Trinajstić information content (AvgIpc) is 2.74. The first-order valence-corrected chi connectivity index (χ1v) is 11.4. The normalized spacial score (nSPS) is 20.8. The number of quaternary nitrogens is 2. The SMILES string of the molecule is COc1ccccc1N(C[C@@H](O)C[NH+]1CC[NH+](C)CC1)S(=O)(=O)c1ccccc1. The van der Waals surface area contributed by atoms with Gasteiger partial charge in [0.1, 0.15) is 44.6 Å². The Morgan fingerprint density at radius 1 is 1.03 bits per heavy atom. The largest absolute Gasteiger partial charge is 0.495 e. The van der Waals surface area contributed by atoms with Gasteiger partial charge in [-0.1, -0.05) is 30.3 Å². The predicted octanol–water partition coefficient (Wildman–Crippen LogP) is -1.34. The zero-order chi connectivity index (χ0) is 20.9. The van der Waals surface area contributed by atoms with Gasteiger partial charge in [0, 0.05) is 0 Å². The second-order valence-electron chi connectivity index (χ2n) is 7.59. The van der Waals surface area contributed by atoms with Crippen LogP contribution in [0.4, 0.5) is 5.69 Å². The fourth-order valence-electron chi connectivity index (χ4n) is 3.71. The summed E-state index contributed by atoms with van der Waals surface area (Å²) in [6, 6.07) is 15.3. The van der Waals surface area contributed by atoms with E-state index in [9.17, 15) is 13.5 Å². The number of methoxy groups -OCH3 is 1. The molecule has 0 bridgehead atoms. The van der Waals surface area contributed by atoms with Crippen molar-refractivity contribution in [3.8, 4) is 5.75 Å². The molecule has 8 heteroatoms. The summed E-state index contributed by atoms with van der Waals surface area (Å²) in [5.41, 5.74) is 0.427. The molecule has 1 saturated heterocycles. The molecule has 1 aliphatic rings. The Hall–Kier alpha value is -2.13. The molecule has 1 aliphatic heterocycles. The number of ether oxygens (including phenoxy) is 1. The number of aliphatic hydroxyl groups is 1. The fraction of sp³-hybridized carbons (Fsp3) is 0.429. The standard InChI is InChI=1S/C21H29N3O4S/c1-22-12-14-23(15-13-22)16-18(25)17-24(20-10-6-7-11-21(20)28-2)29(26,27)19-8-4-3-5-9-19/h3-11,18,25H,12-17H2,1-2H3/p+2/t18-/m0/s1. The van der Waals surface area contributed by atoms with Crippen LogP contribution >= 0.6 is 0 Å². The molecular weight excluding hydrogens is 390 g/mol. The van der Waals surface area contributed by atoms with Gasteiger partial charge in [0.25, 0.3) is 10.0 Å². The van der Waals surface area contributed by atoms with E-state index < -0.39 is 16.1 Å². The Labute approximate surface area is 173 Å². The molecule has 0 aliphatic carbocycles. The number of para-hydroxylation sites is 2. The summed E-state index contributed by atoms with van der Waals surface area (Å²) in [7, 11) is -0.169. The first-order valence-electron chi connectivity index (χ1n) is 9.95. The lowest BCUT2D eigenvalue weighted by Gasteiger charge is -2.31. The maximum atomic E-state index is 13.4. The molecule has 1 fully saturated rings. The van der Waals surface area contributed by atoms with Gasteiger partial charge in [0.2, 0.25) is 0 Å². The summed E-state index contributed by atoms with van der Waals surface area (Å²) in [4.78, 5) is 2.99. The minimum Gasteiger partial charge on any atom is -0.495 e. The van der Waals surface area contributed by atoms with Crippen molar-refractivity contribution in [3.63, 3.8) is 0 Å². The van der Waals surface area contributed by atoms with Gasteiger partial charge in [-0.15, -0.1) is 0 Å². The van der Waals surface area contributed by atoms with Crippen LogP contribution in [-0.2, 0) is 10.0 Å². The molecule has 29 heavy (non-hydrogen) atoms. The monoisotopic (exact) mass is 421 g/mol. The highest BCUT2D eigenvalue weighted by molar-refractivity contribution is 7.92. The van der Waals surface area contributed by atoms with E-state index in [1.54, 1.807) is 54.6 Å². The molecule has 0 aromatic heterocycles. The fourth-order valence-corrected chi connectivity index (χ4v) is 5.24. The van der Waals surface area contributed by atoms with Crippen LogP contribution in [0.2, 0.25) is 0 Å². The van der Waals surface area contributed by atoms with E-state index in [0.717, 1.165) is 26.2 Å². The van der Waals surface area contributed by atoms with Crippen LogP contribution in [0.15, 0.2) is 59.5 Å². The van der Waals surface area contributed by atoms with Crippen molar-refractivity contribution in [3.05, 3.63) is 54.6 Å². The van der Waals surface area contributed by atoms with Gasteiger partial charge >= 0.3 is 0 Å². The Morgan fingerprint density at radius 2 is 1.66 bits per heavy atom. The highest BCUT2D eigenvalue weighted by Gasteiger charge is 2.31. The number of rotatable bonds is 8. The van der Waals surface area contributed by atoms with Crippen molar-refractivity contribution in [2.45, 2.75) is 11.0 Å². The Kier molecular flexibility index (Phi) is 7.13. The summed E-state index contributed by atoms with van der Waals surface area (Å²) in [6.45, 7) is 4.56. The smallest absolute Gasteiger partial charge is 0.264 e. The topological polar surface area (TPSA) is 75.7 Å². The number of nitrogens with zero attached hydrogens (tertiary/aromatic N) is 1. The molecule has 1 heterocycles. The summed E-state index contributed by atoms with van der Waals surface area (Å²) in [5.74, 6) is 0.453. The predicted molar refractivity (Wildman–Crippen MR) is 112 cm³/mol. The van der Waals surface area contributed by atoms with Crippen LogP contribution in [0.1, 0.15) is 0 Å². The Bertz CT molecular complexity index is 884. The van der Waals surface area contributed by atoms with Crippen molar-refractivity contribution in [2.75, 3.05) is 57.7 Å². The van der Waals surface area contributed by atoms with Gasteiger partial charge in [-0.25, -0.2) is 8.42 Å². The van der Waals surface area contributed by atoms with Crippen LogP contribution in [0.3, 0.4) is 0 Å². The van der Waals surface area contributed by atoms with Crippen molar-refractivity contribution in [1.29, 1.82) is 0 Å². The van der Waals surface area contributed by atoms with Crippen molar-refractivity contribution in [2.24, 2.45) is 0 Å². The van der Waals surface area contributed by atoms with Gasteiger partial charge in [0.05, 0.1) is 31.3 Å². The molecule has 1 atom stereocenters. The Morgan fingerprint density at radius 3 is 2.31 bits per heavy atom. The quantitative estimate of drug-likeness (QED) is 0.494. The highest BCUT2D eigenvalue weighted by Crippen LogP contribution is 2.32. The Balaban J connectivity index is 1.87. The molecule has 3 rings (SSSR count). The van der Waals surface area contributed by atoms with Crippen LogP contribution in [-0.4, -0.2) is 73.1 Å². The number of hydrogen-bond acceptors (Lipinski definition) is 4. The minimum absolute atomic E-state index is 0.0240. The van der Waals surface area contributed by atoms with E-state index in [1.165, 1.54) is 21.2 Å². The van der Waals surface area contributed by atoms with Crippen LogP contribution in [0.5, 0.6) is 5.75 Å². The van der Waals surface area contributed by atoms with E-state index in [0.29, 0.717) is 18.0 Å². The number of anilines is 1. The van der Waals surface area contributed by atoms with Gasteiger partial charge in [-0.05, 0) is 24.3 Å². The first kappa shape index (κ1) is 21.6. The van der Waals surface area contributed by atoms with Crippen LogP contribution in [0.25, 0.3) is 0 Å². The molecule has 0 amide bonds. The van der Waals surface area contributed by atoms with E-state index in [1.807, 2.05) is 0 Å². The van der Waals surface area contributed by atoms with Gasteiger partial charge in [0.15, 0.2) is 0 Å². The molecule has 3 N–H and O–H groups in total. The van der Waals surface area contributed by atoms with Crippen LogP contribution < -0.4 is 18.8 Å². The number of benzene rings is 2. The molecule has 7 nitrogen and oxygen atoms in total. The van der Waals surface area contributed by atoms with E-state index in [4.69, 9.17) is 4.74 Å². The average molecular weight is 422 g/mol. The van der Waals surface area contributed by atoms with E-state index >= 15 is 0 Å². The molecule has 2 aromatic carbocycles. The molecule has 0 unspecified atom stereocenters. The summed E-state index contributed by atoms with van der Waals surface area (Å²) < 4.78 is 33.5. The third-order valence-corrected chi connectivity index (χ3v) is 7.19. The number of hydrogen-bond donors (Lipinski definition) is 3. The van der Waals surface area contributed by atoms with Crippen molar-refractivity contribution < 1.29 is 28.1 Å². The third kappa shape index (κ3) is 5.27. The summed E-state index contributed by atoms with van der Waals surface area (Å²) in [6.07, 6.45) is -0.785. The number of nitrogens with one attached hydrogen (secondary N) is 2. The summed E-state index contributed by atoms with van der Waals surface area (Å²) >= 11 is 0. The lowest BCUT2D eigenvalue weighted by Crippen LogP contribution is -3.27. The van der Waals surface area contributed by atoms with Gasteiger partial charge in [-0.2, -0.15) is 0 Å². The van der Waals surface area contributed by atoms with Crippen molar-refractivity contribution >= 4 is 15.7 Å². The lowest BCUT2D eigenvalue weighted by atomic mass is 10.2. The van der Waals surface area contributed by atoms with E-state index in [2.05, 4.69) is 7.05 Å². The molecule has 0 radical (unpaired) electrons. The zero-order valence-corrected chi connectivity index (χ0v) is 17.9. The molecule has 2 aromatic rings. The van der Waals surface area contributed by atoms with E-state index in [-0.39, 0.29) is 11.4 Å². The zero-order valence-electron chi connectivity index (χ0n) is 17.0. The number of piperazine rings is 1. The van der Waals surface area contributed by atoms with Gasteiger partial charge < -0.3 is 19.6 Å². The molecular formula is C21H31N3O4S+2. The van der Waals surface area contributed by atoms with Crippen LogP contribution in [0, 0.1) is 0 Å². The highest BCUT2D eigenvalue weighted by atomic mass is 32.2. The van der Waals surface area contributed by atoms with Crippen molar-refractivity contribution in [1.82, 2.24) is 0 Å². The lowest BCUT2D eigenvalue weighted by molar-refractivity contribution is -1.00. The minimum atomic E-state index is -3.85. The number of aliphatic hydroxyl groups excluding tert-OH is 1. The van der Waals surface area contributed by atoms with Gasteiger partial charge in [-0.3, -0.25) is 4.31 Å². The molecule has 0 saturated carbocycles. The number of likely N-dealkylation sites (N-methyl/N-ethyl adjacent to an activating group) is 1. The first-order chi connectivity index (χ1) is 13.9. The third-order valence-electron chi connectivity index (χ3n) is 5.40. The molecule has 158 valence electrons. The second kappa shape index (κ2) is 9.58. The second-order valence-corrected chi connectivity index (χ2v) is 9.45. The number of sulfonamides is 1. The maximum Gasteiger partial charge on any atom is 0.264 e. The molecule has 0 spiro atoms. The summed E-state index contributed by atoms with van der Waals surface area (Å²) in [5, 5.41) is 10.8. The maximum absolute atomic E-state index is 13.4.